The van der Waals surface area contributed by atoms with Crippen molar-refractivity contribution in [2.45, 2.75) is 83.7 Å². The fourth-order valence-electron chi connectivity index (χ4n) is 6.74. The van der Waals surface area contributed by atoms with Crippen LogP contribution in [0.15, 0.2) is 18.2 Å². The minimum atomic E-state index is -0.624. The van der Waals surface area contributed by atoms with Crippen LogP contribution in [0.5, 0.6) is 0 Å². The van der Waals surface area contributed by atoms with Crippen LogP contribution in [0.1, 0.15) is 87.6 Å². The Morgan fingerprint density at radius 2 is 2.03 bits per heavy atom. The van der Waals surface area contributed by atoms with Crippen molar-refractivity contribution < 1.29 is 9.90 Å². The molecule has 3 saturated carbocycles. The maximum atomic E-state index is 13.1. The van der Waals surface area contributed by atoms with Gasteiger partial charge in [0.05, 0.1) is 16.2 Å². The van der Waals surface area contributed by atoms with Gasteiger partial charge in [0.25, 0.3) is 5.91 Å². The van der Waals surface area contributed by atoms with Gasteiger partial charge in [-0.15, -0.1) is 0 Å². The van der Waals surface area contributed by atoms with E-state index in [0.717, 1.165) is 62.2 Å². The summed E-state index contributed by atoms with van der Waals surface area (Å²) in [4.78, 5) is 13.1. The maximum absolute atomic E-state index is 13.1. The smallest absolute Gasteiger partial charge is 0.252 e. The second-order valence-corrected chi connectivity index (χ2v) is 12.0. The number of amides is 1. The molecule has 178 valence electrons. The van der Waals surface area contributed by atoms with Gasteiger partial charge < -0.3 is 15.7 Å². The van der Waals surface area contributed by atoms with Crippen LogP contribution in [0.25, 0.3) is 0 Å². The van der Waals surface area contributed by atoms with Crippen molar-refractivity contribution in [3.8, 4) is 0 Å². The zero-order chi connectivity index (χ0) is 22.8. The molecular weight excluding hydrogens is 420 g/mol. The van der Waals surface area contributed by atoms with Crippen molar-refractivity contribution in [1.82, 2.24) is 10.6 Å². The van der Waals surface area contributed by atoms with E-state index >= 15 is 0 Å². The van der Waals surface area contributed by atoms with Gasteiger partial charge in [0.1, 0.15) is 0 Å². The SMILES string of the molecule is CC(C)(O)CCNCCCc1ccc(Cl)c(C(=O)NCC23CCCC4CC(CC4C2)C3)c1. The third-order valence-corrected chi connectivity index (χ3v) is 8.60. The molecule has 0 saturated heterocycles. The summed E-state index contributed by atoms with van der Waals surface area (Å²) in [5, 5.41) is 17.0. The third-order valence-electron chi connectivity index (χ3n) is 8.27. The number of hydrogen-bond acceptors (Lipinski definition) is 3. The summed E-state index contributed by atoms with van der Waals surface area (Å²) in [5.41, 5.74) is 1.45. The number of aryl methyl sites for hydroxylation is 1. The number of benzene rings is 1. The Morgan fingerprint density at radius 3 is 2.84 bits per heavy atom. The van der Waals surface area contributed by atoms with E-state index in [2.05, 4.69) is 10.6 Å². The number of halogens is 1. The first-order valence-electron chi connectivity index (χ1n) is 12.7. The van der Waals surface area contributed by atoms with Crippen LogP contribution in [-0.2, 0) is 6.42 Å². The number of rotatable bonds is 10. The van der Waals surface area contributed by atoms with Crippen LogP contribution in [0.3, 0.4) is 0 Å². The molecule has 3 fully saturated rings. The zero-order valence-electron chi connectivity index (χ0n) is 19.9. The Kier molecular flexibility index (Phi) is 7.53. The quantitative estimate of drug-likeness (QED) is 0.412. The first-order chi connectivity index (χ1) is 15.2. The molecular formula is C27H41ClN2O2. The summed E-state index contributed by atoms with van der Waals surface area (Å²) in [7, 11) is 0. The highest BCUT2D eigenvalue weighted by atomic mass is 35.5. The van der Waals surface area contributed by atoms with Crippen LogP contribution in [0.4, 0.5) is 0 Å². The van der Waals surface area contributed by atoms with Crippen molar-refractivity contribution in [2.24, 2.45) is 23.2 Å². The number of nitrogens with one attached hydrogen (secondary N) is 2. The first kappa shape index (κ1) is 24.0. The molecule has 3 aliphatic rings. The first-order valence-corrected chi connectivity index (χ1v) is 13.1. The molecule has 1 amide bonds. The van der Waals surface area contributed by atoms with Crippen LogP contribution in [0.2, 0.25) is 5.02 Å². The molecule has 4 unspecified atom stereocenters. The summed E-state index contributed by atoms with van der Waals surface area (Å²) in [6.07, 6.45) is 12.1. The van der Waals surface area contributed by atoms with Gasteiger partial charge in [0.2, 0.25) is 0 Å². The van der Waals surface area contributed by atoms with E-state index in [4.69, 9.17) is 11.6 Å². The van der Waals surface area contributed by atoms with Gasteiger partial charge in [-0.2, -0.15) is 0 Å². The molecule has 0 aromatic heterocycles. The Hall–Kier alpha value is -1.10. The molecule has 4 nitrogen and oxygen atoms in total. The molecule has 3 N–H and O–H groups in total. The highest BCUT2D eigenvalue weighted by Crippen LogP contribution is 2.58. The monoisotopic (exact) mass is 460 g/mol. The van der Waals surface area contributed by atoms with Crippen molar-refractivity contribution in [3.05, 3.63) is 34.3 Å². The predicted octanol–water partition coefficient (Wildman–Crippen LogP) is 5.36. The van der Waals surface area contributed by atoms with E-state index in [1.165, 1.54) is 44.9 Å². The molecule has 0 radical (unpaired) electrons. The van der Waals surface area contributed by atoms with Gasteiger partial charge in [0, 0.05) is 6.54 Å². The van der Waals surface area contributed by atoms with Crippen LogP contribution in [-0.4, -0.2) is 36.2 Å². The average molecular weight is 461 g/mol. The maximum Gasteiger partial charge on any atom is 0.252 e. The van der Waals surface area contributed by atoms with Crippen molar-refractivity contribution >= 4 is 17.5 Å². The zero-order valence-corrected chi connectivity index (χ0v) is 20.6. The van der Waals surface area contributed by atoms with E-state index < -0.39 is 5.60 Å². The van der Waals surface area contributed by atoms with Gasteiger partial charge in [-0.1, -0.05) is 30.5 Å². The molecule has 1 aromatic carbocycles. The Bertz CT molecular complexity index is 805. The molecule has 0 spiro atoms. The summed E-state index contributed by atoms with van der Waals surface area (Å²) >= 11 is 6.42. The lowest BCUT2D eigenvalue weighted by molar-refractivity contribution is 0.0712. The predicted molar refractivity (Wildman–Crippen MR) is 131 cm³/mol. The normalized spacial score (nSPS) is 29.2. The molecule has 0 heterocycles. The van der Waals surface area contributed by atoms with E-state index in [0.29, 0.717) is 16.0 Å². The number of carbonyl (C=O) groups excluding carboxylic acids is 1. The second kappa shape index (κ2) is 10.0. The lowest BCUT2D eigenvalue weighted by Gasteiger charge is -2.40. The van der Waals surface area contributed by atoms with Crippen LogP contribution >= 0.6 is 11.6 Å². The number of aliphatic hydroxyl groups is 1. The second-order valence-electron chi connectivity index (χ2n) is 11.6. The molecule has 5 heteroatoms. The van der Waals surface area contributed by atoms with E-state index in [1.807, 2.05) is 32.0 Å². The number of hydrogen-bond donors (Lipinski definition) is 3. The average Bonchev–Trinajstić information content (AvgIpc) is 2.95. The molecule has 3 bridgehead atoms. The largest absolute Gasteiger partial charge is 0.390 e. The van der Waals surface area contributed by atoms with Crippen LogP contribution in [0, 0.1) is 23.2 Å². The van der Waals surface area contributed by atoms with E-state index in [1.54, 1.807) is 0 Å². The van der Waals surface area contributed by atoms with Gasteiger partial charge >= 0.3 is 0 Å². The topological polar surface area (TPSA) is 61.4 Å². The highest BCUT2D eigenvalue weighted by molar-refractivity contribution is 6.33. The lowest BCUT2D eigenvalue weighted by Crippen LogP contribution is -2.41. The van der Waals surface area contributed by atoms with E-state index in [9.17, 15) is 9.90 Å². The van der Waals surface area contributed by atoms with Crippen molar-refractivity contribution in [1.29, 1.82) is 0 Å². The Labute approximate surface area is 198 Å². The molecule has 3 aliphatic carbocycles. The van der Waals surface area contributed by atoms with Crippen molar-refractivity contribution in [2.75, 3.05) is 19.6 Å². The summed E-state index contributed by atoms with van der Waals surface area (Å²) in [5.74, 6) is 2.72. The van der Waals surface area contributed by atoms with Crippen LogP contribution < -0.4 is 10.6 Å². The van der Waals surface area contributed by atoms with Gasteiger partial charge in [0.15, 0.2) is 0 Å². The summed E-state index contributed by atoms with van der Waals surface area (Å²) in [6, 6.07) is 5.86. The highest BCUT2D eigenvalue weighted by Gasteiger charge is 2.49. The summed E-state index contributed by atoms with van der Waals surface area (Å²) < 4.78 is 0. The minimum absolute atomic E-state index is 0.0201. The number of fused-ring (bicyclic) bond motifs is 2. The fraction of sp³-hybridized carbons (Fsp3) is 0.741. The van der Waals surface area contributed by atoms with Gasteiger partial charge in [-0.25, -0.2) is 0 Å². The molecule has 1 aromatic rings. The van der Waals surface area contributed by atoms with Gasteiger partial charge in [-0.3, -0.25) is 4.79 Å². The molecule has 4 atom stereocenters. The van der Waals surface area contributed by atoms with Crippen molar-refractivity contribution in [3.63, 3.8) is 0 Å². The molecule has 0 aliphatic heterocycles. The molecule has 32 heavy (non-hydrogen) atoms. The fourth-order valence-corrected chi connectivity index (χ4v) is 6.94. The molecule has 4 rings (SSSR count). The third kappa shape index (κ3) is 6.07. The lowest BCUT2D eigenvalue weighted by atomic mass is 9.67. The van der Waals surface area contributed by atoms with E-state index in [-0.39, 0.29) is 5.91 Å². The minimum Gasteiger partial charge on any atom is -0.390 e. The Balaban J connectivity index is 1.28. The Morgan fingerprint density at radius 1 is 1.22 bits per heavy atom. The number of carbonyl (C=O) groups is 1. The van der Waals surface area contributed by atoms with Gasteiger partial charge in [-0.05, 0) is 119 Å². The summed E-state index contributed by atoms with van der Waals surface area (Å²) in [6.45, 7) is 6.17. The standard InChI is InChI=1S/C27H41ClN2O2/c1-26(2,32)10-12-29-11-4-5-19-7-8-24(28)23(15-19)25(31)30-18-27-9-3-6-21-13-20(16-27)14-22(21)17-27/h7-8,15,20-22,29,32H,3-6,9-14,16-18H2,1-2H3,(H,30,31).